The summed E-state index contributed by atoms with van der Waals surface area (Å²) in [6.07, 6.45) is -0.366. The maximum atomic E-state index is 12.2. The predicted molar refractivity (Wildman–Crippen MR) is 84.2 cm³/mol. The zero-order valence-electron chi connectivity index (χ0n) is 12.2. The largest absolute Gasteiger partial charge is 0.447 e. The van der Waals surface area contributed by atoms with Gasteiger partial charge in [0.2, 0.25) is 0 Å². The van der Waals surface area contributed by atoms with Gasteiger partial charge in [-0.25, -0.2) is 4.79 Å². The molecule has 114 valence electrons. The highest BCUT2D eigenvalue weighted by molar-refractivity contribution is 6.04. The van der Waals surface area contributed by atoms with E-state index in [0.29, 0.717) is 30.0 Å². The SMILES string of the molecule is N#Cc1cccc(C(=O)Nc2ccc(N3CCOC3=O)cc2)c1. The maximum Gasteiger partial charge on any atom is 0.414 e. The van der Waals surface area contributed by atoms with Crippen molar-refractivity contribution >= 4 is 23.4 Å². The van der Waals surface area contributed by atoms with Crippen LogP contribution in [0.5, 0.6) is 0 Å². The molecule has 0 aliphatic carbocycles. The molecule has 1 heterocycles. The number of nitrogens with one attached hydrogen (secondary N) is 1. The second-order valence-electron chi connectivity index (χ2n) is 4.96. The fourth-order valence-electron chi connectivity index (χ4n) is 2.29. The zero-order chi connectivity index (χ0) is 16.2. The summed E-state index contributed by atoms with van der Waals surface area (Å²) < 4.78 is 4.89. The van der Waals surface area contributed by atoms with Crippen molar-refractivity contribution < 1.29 is 14.3 Å². The van der Waals surface area contributed by atoms with Crippen molar-refractivity contribution in [2.45, 2.75) is 0 Å². The van der Waals surface area contributed by atoms with Crippen LogP contribution in [-0.4, -0.2) is 25.2 Å². The molecule has 0 radical (unpaired) electrons. The Hall–Kier alpha value is -3.33. The van der Waals surface area contributed by atoms with E-state index in [0.717, 1.165) is 5.69 Å². The molecule has 1 aliphatic rings. The van der Waals surface area contributed by atoms with Gasteiger partial charge in [0, 0.05) is 16.9 Å². The third-order valence-corrected chi connectivity index (χ3v) is 3.45. The first-order valence-corrected chi connectivity index (χ1v) is 7.03. The number of hydrogen-bond donors (Lipinski definition) is 1. The van der Waals surface area contributed by atoms with Crippen molar-refractivity contribution in [3.05, 3.63) is 59.7 Å². The number of nitriles is 1. The van der Waals surface area contributed by atoms with E-state index in [2.05, 4.69) is 5.32 Å². The Labute approximate surface area is 132 Å². The number of nitrogens with zero attached hydrogens (tertiary/aromatic N) is 2. The minimum absolute atomic E-state index is 0.296. The molecule has 1 N–H and O–H groups in total. The Morgan fingerprint density at radius 3 is 2.65 bits per heavy atom. The van der Waals surface area contributed by atoms with E-state index < -0.39 is 0 Å². The normalized spacial score (nSPS) is 13.3. The van der Waals surface area contributed by atoms with Crippen molar-refractivity contribution in [2.24, 2.45) is 0 Å². The third-order valence-electron chi connectivity index (χ3n) is 3.45. The molecule has 1 saturated heterocycles. The Balaban J connectivity index is 1.71. The quantitative estimate of drug-likeness (QED) is 0.945. The number of rotatable bonds is 3. The fraction of sp³-hybridized carbons (Fsp3) is 0.118. The highest BCUT2D eigenvalue weighted by Gasteiger charge is 2.23. The van der Waals surface area contributed by atoms with Gasteiger partial charge in [-0.1, -0.05) is 6.07 Å². The van der Waals surface area contributed by atoms with Gasteiger partial charge in [0.1, 0.15) is 6.61 Å². The Kier molecular flexibility index (Phi) is 3.93. The second-order valence-corrected chi connectivity index (χ2v) is 4.96. The van der Waals surface area contributed by atoms with Crippen LogP contribution in [0.25, 0.3) is 0 Å². The summed E-state index contributed by atoms with van der Waals surface area (Å²) in [5, 5.41) is 11.6. The molecule has 2 amide bonds. The molecule has 0 unspecified atom stereocenters. The smallest absolute Gasteiger partial charge is 0.414 e. The highest BCUT2D eigenvalue weighted by Crippen LogP contribution is 2.21. The highest BCUT2D eigenvalue weighted by atomic mass is 16.6. The number of hydrogen-bond acceptors (Lipinski definition) is 4. The van der Waals surface area contributed by atoms with Gasteiger partial charge in [-0.2, -0.15) is 5.26 Å². The molecule has 1 fully saturated rings. The lowest BCUT2D eigenvalue weighted by atomic mass is 10.1. The molecule has 1 aliphatic heterocycles. The summed E-state index contributed by atoms with van der Waals surface area (Å²) in [4.78, 5) is 25.2. The lowest BCUT2D eigenvalue weighted by Crippen LogP contribution is -2.23. The first-order chi connectivity index (χ1) is 11.2. The number of carbonyl (C=O) groups is 2. The van der Waals surface area contributed by atoms with Crippen LogP contribution >= 0.6 is 0 Å². The second kappa shape index (κ2) is 6.20. The summed E-state index contributed by atoms with van der Waals surface area (Å²) >= 11 is 0. The van der Waals surface area contributed by atoms with Crippen LogP contribution in [0.4, 0.5) is 16.2 Å². The van der Waals surface area contributed by atoms with E-state index >= 15 is 0 Å². The topological polar surface area (TPSA) is 82.4 Å². The van der Waals surface area contributed by atoms with Gasteiger partial charge in [-0.3, -0.25) is 9.69 Å². The molecule has 2 aromatic rings. The first-order valence-electron chi connectivity index (χ1n) is 7.03. The maximum absolute atomic E-state index is 12.2. The predicted octanol–water partition coefficient (Wildman–Crippen LogP) is 2.77. The molecule has 0 aromatic heterocycles. The van der Waals surface area contributed by atoms with Crippen molar-refractivity contribution in [1.29, 1.82) is 5.26 Å². The molecule has 2 aromatic carbocycles. The molecule has 0 atom stereocenters. The molecular weight excluding hydrogens is 294 g/mol. The molecule has 6 nitrogen and oxygen atoms in total. The van der Waals surface area contributed by atoms with Gasteiger partial charge in [0.05, 0.1) is 18.2 Å². The van der Waals surface area contributed by atoms with Crippen molar-refractivity contribution in [2.75, 3.05) is 23.4 Å². The Bertz CT molecular complexity index is 793. The number of benzene rings is 2. The summed E-state index contributed by atoms with van der Waals surface area (Å²) in [7, 11) is 0. The lowest BCUT2D eigenvalue weighted by Gasteiger charge is -2.13. The molecule has 0 bridgehead atoms. The van der Waals surface area contributed by atoms with Crippen LogP contribution < -0.4 is 10.2 Å². The van der Waals surface area contributed by atoms with Crippen molar-refractivity contribution in [3.63, 3.8) is 0 Å². The van der Waals surface area contributed by atoms with Crippen molar-refractivity contribution in [3.8, 4) is 6.07 Å². The van der Waals surface area contributed by atoms with Crippen LogP contribution in [-0.2, 0) is 4.74 Å². The van der Waals surface area contributed by atoms with Crippen LogP contribution in [0.3, 0.4) is 0 Å². The summed E-state index contributed by atoms with van der Waals surface area (Å²) in [5.74, 6) is -0.296. The third kappa shape index (κ3) is 3.14. The monoisotopic (exact) mass is 307 g/mol. The number of cyclic esters (lactones) is 1. The van der Waals surface area contributed by atoms with Crippen LogP contribution in [0.2, 0.25) is 0 Å². The Morgan fingerprint density at radius 1 is 1.22 bits per heavy atom. The minimum Gasteiger partial charge on any atom is -0.447 e. The summed E-state index contributed by atoms with van der Waals surface area (Å²) in [6.45, 7) is 0.901. The molecule has 6 heteroatoms. The fourth-order valence-corrected chi connectivity index (χ4v) is 2.29. The van der Waals surface area contributed by atoms with E-state index in [9.17, 15) is 9.59 Å². The van der Waals surface area contributed by atoms with E-state index in [-0.39, 0.29) is 12.0 Å². The van der Waals surface area contributed by atoms with E-state index in [1.54, 1.807) is 42.5 Å². The first kappa shape index (κ1) is 14.6. The summed E-state index contributed by atoms with van der Waals surface area (Å²) in [6, 6.07) is 15.4. The van der Waals surface area contributed by atoms with Crippen LogP contribution in [0, 0.1) is 11.3 Å². The van der Waals surface area contributed by atoms with Gasteiger partial charge >= 0.3 is 6.09 Å². The van der Waals surface area contributed by atoms with Crippen molar-refractivity contribution in [1.82, 2.24) is 0 Å². The van der Waals surface area contributed by atoms with E-state index in [1.165, 1.54) is 11.0 Å². The van der Waals surface area contributed by atoms with Crippen LogP contribution in [0.1, 0.15) is 15.9 Å². The molecule has 0 saturated carbocycles. The van der Waals surface area contributed by atoms with Gasteiger partial charge in [-0.05, 0) is 42.5 Å². The van der Waals surface area contributed by atoms with Gasteiger partial charge < -0.3 is 10.1 Å². The number of ether oxygens (including phenoxy) is 1. The van der Waals surface area contributed by atoms with E-state index in [4.69, 9.17) is 10.00 Å². The number of anilines is 2. The average Bonchev–Trinajstić information content (AvgIpc) is 3.01. The Morgan fingerprint density at radius 2 is 2.00 bits per heavy atom. The molecule has 3 rings (SSSR count). The molecular formula is C17H13N3O3. The number of carbonyl (C=O) groups excluding carboxylic acids is 2. The minimum atomic E-state index is -0.366. The lowest BCUT2D eigenvalue weighted by molar-refractivity contribution is 0.102. The van der Waals surface area contributed by atoms with E-state index in [1.807, 2.05) is 6.07 Å². The molecule has 0 spiro atoms. The van der Waals surface area contributed by atoms with Gasteiger partial charge in [-0.15, -0.1) is 0 Å². The zero-order valence-corrected chi connectivity index (χ0v) is 12.2. The molecule has 23 heavy (non-hydrogen) atoms. The average molecular weight is 307 g/mol. The summed E-state index contributed by atoms with van der Waals surface area (Å²) in [5.41, 5.74) is 2.17. The van der Waals surface area contributed by atoms with Gasteiger partial charge in [0.15, 0.2) is 0 Å². The van der Waals surface area contributed by atoms with Crippen LogP contribution in [0.15, 0.2) is 48.5 Å². The number of amides is 2. The standard InChI is InChI=1S/C17H13N3O3/c18-11-12-2-1-3-13(10-12)16(21)19-14-4-6-15(7-5-14)20-8-9-23-17(20)22/h1-7,10H,8-9H2,(H,19,21). The van der Waals surface area contributed by atoms with Gasteiger partial charge in [0.25, 0.3) is 5.91 Å².